The largest absolute Gasteiger partial charge is 0.343 e. The van der Waals surface area contributed by atoms with Crippen molar-refractivity contribution >= 4 is 27.5 Å². The molecular formula is C22H28ClFN4O4S. The summed E-state index contributed by atoms with van der Waals surface area (Å²) < 4.78 is 45.8. The fourth-order valence-corrected chi connectivity index (χ4v) is 6.45. The number of aromatic nitrogens is 2. The van der Waals surface area contributed by atoms with E-state index in [9.17, 15) is 17.6 Å². The van der Waals surface area contributed by atoms with Gasteiger partial charge in [0.1, 0.15) is 11.4 Å². The molecule has 1 aliphatic carbocycles. The molecule has 4 rings (SSSR count). The lowest BCUT2D eigenvalue weighted by atomic mass is 9.87. The van der Waals surface area contributed by atoms with E-state index in [1.165, 1.54) is 10.4 Å². The predicted molar refractivity (Wildman–Crippen MR) is 119 cm³/mol. The standard InChI is InChI=1S/C22H28ClFN4O4S/c1-15-25-21(27-32-15)22(10-4-2-3-5-11-22)26-20(29)16-8-12-28(13-9-16)33(30,31)17-6-7-19(24)18(23)14-17/h6-7,14,16H,2-5,8-13H2,1H3,(H,26,29). The van der Waals surface area contributed by atoms with Crippen molar-refractivity contribution < 1.29 is 22.1 Å². The van der Waals surface area contributed by atoms with E-state index in [4.69, 9.17) is 16.1 Å². The number of hydrogen-bond acceptors (Lipinski definition) is 6. The van der Waals surface area contributed by atoms with Crippen LogP contribution in [-0.4, -0.2) is 41.9 Å². The molecule has 1 saturated carbocycles. The average molecular weight is 499 g/mol. The molecule has 8 nitrogen and oxygen atoms in total. The maximum Gasteiger partial charge on any atom is 0.243 e. The van der Waals surface area contributed by atoms with Gasteiger partial charge in [-0.05, 0) is 43.9 Å². The molecule has 180 valence electrons. The van der Waals surface area contributed by atoms with Gasteiger partial charge in [0.15, 0.2) is 5.82 Å². The van der Waals surface area contributed by atoms with Crippen LogP contribution in [0.1, 0.15) is 63.1 Å². The van der Waals surface area contributed by atoms with Gasteiger partial charge < -0.3 is 9.84 Å². The molecule has 1 amide bonds. The second-order valence-corrected chi connectivity index (χ2v) is 11.2. The van der Waals surface area contributed by atoms with Gasteiger partial charge in [0, 0.05) is 25.9 Å². The predicted octanol–water partition coefficient (Wildman–Crippen LogP) is 3.94. The maximum absolute atomic E-state index is 13.4. The zero-order valence-corrected chi connectivity index (χ0v) is 20.1. The Morgan fingerprint density at radius 2 is 1.88 bits per heavy atom. The summed E-state index contributed by atoms with van der Waals surface area (Å²) in [7, 11) is -3.82. The fraction of sp³-hybridized carbons (Fsp3) is 0.591. The number of halogens is 2. The summed E-state index contributed by atoms with van der Waals surface area (Å²) in [6.07, 6.45) is 6.39. The fourth-order valence-electron chi connectivity index (χ4n) is 4.71. The molecule has 0 unspecified atom stereocenters. The number of sulfonamides is 1. The highest BCUT2D eigenvalue weighted by molar-refractivity contribution is 7.89. The van der Waals surface area contributed by atoms with Crippen LogP contribution in [0, 0.1) is 18.7 Å². The average Bonchev–Trinajstić information content (AvgIpc) is 3.10. The van der Waals surface area contributed by atoms with Crippen LogP contribution in [0.3, 0.4) is 0 Å². The number of carbonyl (C=O) groups excluding carboxylic acids is 1. The van der Waals surface area contributed by atoms with Gasteiger partial charge in [0.25, 0.3) is 0 Å². The Morgan fingerprint density at radius 3 is 2.45 bits per heavy atom. The van der Waals surface area contributed by atoms with E-state index in [1.54, 1.807) is 6.92 Å². The molecule has 2 heterocycles. The van der Waals surface area contributed by atoms with Crippen LogP contribution in [0.2, 0.25) is 5.02 Å². The van der Waals surface area contributed by atoms with E-state index in [-0.39, 0.29) is 34.8 Å². The van der Waals surface area contributed by atoms with Crippen LogP contribution in [-0.2, 0) is 20.4 Å². The Morgan fingerprint density at radius 1 is 1.21 bits per heavy atom. The number of nitrogens with one attached hydrogen (secondary N) is 1. The minimum Gasteiger partial charge on any atom is -0.343 e. The summed E-state index contributed by atoms with van der Waals surface area (Å²) in [5.41, 5.74) is -0.653. The molecular weight excluding hydrogens is 471 g/mol. The van der Waals surface area contributed by atoms with Crippen molar-refractivity contribution in [2.45, 2.75) is 68.7 Å². The monoisotopic (exact) mass is 498 g/mol. The van der Waals surface area contributed by atoms with E-state index in [0.29, 0.717) is 24.6 Å². The molecule has 11 heteroatoms. The Hall–Kier alpha value is -2.04. The van der Waals surface area contributed by atoms with Gasteiger partial charge in [-0.1, -0.05) is 42.4 Å². The lowest BCUT2D eigenvalue weighted by molar-refractivity contribution is -0.128. The Bertz CT molecular complexity index is 1110. The minimum atomic E-state index is -3.82. The second kappa shape index (κ2) is 9.68. The van der Waals surface area contributed by atoms with Gasteiger partial charge in [-0.15, -0.1) is 0 Å². The van der Waals surface area contributed by atoms with Crippen LogP contribution in [0.4, 0.5) is 4.39 Å². The Kier molecular flexibility index (Phi) is 7.07. The molecule has 1 saturated heterocycles. The van der Waals surface area contributed by atoms with Gasteiger partial charge in [0.2, 0.25) is 21.8 Å². The zero-order valence-electron chi connectivity index (χ0n) is 18.5. The van der Waals surface area contributed by atoms with Crippen molar-refractivity contribution in [3.8, 4) is 0 Å². The molecule has 1 N–H and O–H groups in total. The van der Waals surface area contributed by atoms with E-state index in [1.807, 2.05) is 0 Å². The first kappa shape index (κ1) is 24.1. The number of amides is 1. The van der Waals surface area contributed by atoms with Crippen molar-refractivity contribution in [1.29, 1.82) is 0 Å². The lowest BCUT2D eigenvalue weighted by Gasteiger charge is -2.35. The van der Waals surface area contributed by atoms with Crippen LogP contribution in [0.25, 0.3) is 0 Å². The third kappa shape index (κ3) is 5.07. The number of hydrogen-bond donors (Lipinski definition) is 1. The molecule has 2 fully saturated rings. The quantitative estimate of drug-likeness (QED) is 0.626. The number of aryl methyl sites for hydroxylation is 1. The van der Waals surface area contributed by atoms with Crippen LogP contribution in [0.15, 0.2) is 27.6 Å². The maximum atomic E-state index is 13.4. The van der Waals surface area contributed by atoms with E-state index >= 15 is 0 Å². The third-order valence-corrected chi connectivity index (χ3v) is 8.81. The topological polar surface area (TPSA) is 105 Å². The van der Waals surface area contributed by atoms with Gasteiger partial charge in [-0.3, -0.25) is 4.79 Å². The highest BCUT2D eigenvalue weighted by Crippen LogP contribution is 2.36. The van der Waals surface area contributed by atoms with Gasteiger partial charge in [-0.25, -0.2) is 12.8 Å². The summed E-state index contributed by atoms with van der Waals surface area (Å²) in [4.78, 5) is 17.6. The number of rotatable bonds is 5. The molecule has 0 bridgehead atoms. The second-order valence-electron chi connectivity index (χ2n) is 8.88. The molecule has 1 aromatic heterocycles. The van der Waals surface area contributed by atoms with E-state index in [0.717, 1.165) is 50.7 Å². The molecule has 1 aliphatic heterocycles. The number of carbonyl (C=O) groups is 1. The summed E-state index contributed by atoms with van der Waals surface area (Å²) in [5, 5.41) is 7.10. The third-order valence-electron chi connectivity index (χ3n) is 6.63. The normalized spacial score (nSPS) is 20.3. The van der Waals surface area contributed by atoms with Crippen molar-refractivity contribution in [3.05, 3.63) is 40.8 Å². The van der Waals surface area contributed by atoms with Gasteiger partial charge in [-0.2, -0.15) is 9.29 Å². The molecule has 2 aromatic rings. The number of piperidine rings is 1. The smallest absolute Gasteiger partial charge is 0.243 e. The van der Waals surface area contributed by atoms with E-state index < -0.39 is 21.4 Å². The van der Waals surface area contributed by atoms with Crippen molar-refractivity contribution in [2.24, 2.45) is 5.92 Å². The zero-order chi connectivity index (χ0) is 23.6. The van der Waals surface area contributed by atoms with Crippen LogP contribution in [0.5, 0.6) is 0 Å². The van der Waals surface area contributed by atoms with Gasteiger partial charge >= 0.3 is 0 Å². The van der Waals surface area contributed by atoms with E-state index in [2.05, 4.69) is 15.5 Å². The van der Waals surface area contributed by atoms with Gasteiger partial charge in [0.05, 0.1) is 9.92 Å². The van der Waals surface area contributed by atoms with Crippen LogP contribution < -0.4 is 5.32 Å². The summed E-state index contributed by atoms with van der Waals surface area (Å²) >= 11 is 5.77. The molecule has 0 radical (unpaired) electrons. The van der Waals surface area contributed by atoms with Crippen molar-refractivity contribution in [1.82, 2.24) is 19.8 Å². The Balaban J connectivity index is 1.44. The molecule has 0 spiro atoms. The molecule has 1 aromatic carbocycles. The first-order valence-corrected chi connectivity index (χ1v) is 13.1. The van der Waals surface area contributed by atoms with Crippen molar-refractivity contribution in [2.75, 3.05) is 13.1 Å². The lowest BCUT2D eigenvalue weighted by Crippen LogP contribution is -2.50. The SMILES string of the molecule is Cc1nc(C2(NC(=O)C3CCN(S(=O)(=O)c4ccc(F)c(Cl)c4)CC3)CCCCCC2)no1. The van der Waals surface area contributed by atoms with Crippen molar-refractivity contribution in [3.63, 3.8) is 0 Å². The minimum absolute atomic E-state index is 0.0540. The Labute approximate surface area is 197 Å². The number of nitrogens with zero attached hydrogens (tertiary/aromatic N) is 3. The summed E-state index contributed by atoms with van der Waals surface area (Å²) in [6.45, 7) is 2.13. The number of benzene rings is 1. The highest BCUT2D eigenvalue weighted by atomic mass is 35.5. The first-order chi connectivity index (χ1) is 15.7. The highest BCUT2D eigenvalue weighted by Gasteiger charge is 2.41. The molecule has 0 atom stereocenters. The van der Waals surface area contributed by atoms with Crippen LogP contribution >= 0.6 is 11.6 Å². The molecule has 2 aliphatic rings. The first-order valence-electron chi connectivity index (χ1n) is 11.3. The summed E-state index contributed by atoms with van der Waals surface area (Å²) in [6, 6.07) is 3.37. The molecule has 33 heavy (non-hydrogen) atoms. The summed E-state index contributed by atoms with van der Waals surface area (Å²) in [5.74, 6) is -0.122.